The number of fused-ring (bicyclic) bond motifs is 3. The number of H-pyrrole nitrogens is 1. The Morgan fingerprint density at radius 3 is 3.04 bits per heavy atom. The Kier molecular flexibility index (Phi) is 5.43. The van der Waals surface area contributed by atoms with E-state index in [-0.39, 0.29) is 17.9 Å². The molecule has 6 nitrogen and oxygen atoms in total. The fourth-order valence-electron chi connectivity index (χ4n) is 3.63. The molecule has 2 N–H and O–H groups in total. The predicted molar refractivity (Wildman–Crippen MR) is 110 cm³/mol. The number of benzene rings is 1. The van der Waals surface area contributed by atoms with E-state index in [0.717, 1.165) is 40.8 Å². The van der Waals surface area contributed by atoms with Gasteiger partial charge in [-0.15, -0.1) is 11.3 Å². The van der Waals surface area contributed by atoms with Gasteiger partial charge >= 0.3 is 0 Å². The quantitative estimate of drug-likeness (QED) is 0.669. The Hall–Kier alpha value is -2.67. The minimum Gasteiger partial charge on any atom is -0.497 e. The number of carbonyl (C=O) groups excluding carboxylic acids is 1. The van der Waals surface area contributed by atoms with Crippen LogP contribution in [0.15, 0.2) is 29.1 Å². The van der Waals surface area contributed by atoms with Crippen LogP contribution in [0.3, 0.4) is 0 Å². The van der Waals surface area contributed by atoms with E-state index in [2.05, 4.69) is 15.3 Å². The van der Waals surface area contributed by atoms with Crippen LogP contribution < -0.4 is 15.6 Å². The summed E-state index contributed by atoms with van der Waals surface area (Å²) in [7, 11) is 1.62. The van der Waals surface area contributed by atoms with Gasteiger partial charge < -0.3 is 15.0 Å². The number of hydrogen-bond donors (Lipinski definition) is 2. The molecule has 0 spiro atoms. The molecule has 0 unspecified atom stereocenters. The van der Waals surface area contributed by atoms with Crippen molar-refractivity contribution < 1.29 is 9.53 Å². The zero-order chi connectivity index (χ0) is 19.5. The molecule has 0 aliphatic heterocycles. The summed E-state index contributed by atoms with van der Waals surface area (Å²) in [6.07, 6.45) is 5.01. The highest BCUT2D eigenvalue weighted by atomic mass is 32.1. The molecule has 0 bridgehead atoms. The van der Waals surface area contributed by atoms with Crippen molar-refractivity contribution in [3.63, 3.8) is 0 Å². The van der Waals surface area contributed by atoms with Crippen LogP contribution >= 0.6 is 11.3 Å². The molecule has 0 fully saturated rings. The lowest BCUT2D eigenvalue weighted by Gasteiger charge is -2.09. The molecule has 2 heterocycles. The zero-order valence-electron chi connectivity index (χ0n) is 15.8. The third-order valence-electron chi connectivity index (χ3n) is 5.09. The van der Waals surface area contributed by atoms with Gasteiger partial charge in [-0.25, -0.2) is 4.98 Å². The number of methoxy groups -OCH3 is 1. The van der Waals surface area contributed by atoms with E-state index in [1.807, 2.05) is 24.3 Å². The lowest BCUT2D eigenvalue weighted by Crippen LogP contribution is -2.23. The molecule has 1 aliphatic rings. The number of carbonyl (C=O) groups is 1. The number of rotatable bonds is 6. The normalized spacial score (nSPS) is 13.3. The molecule has 146 valence electrons. The van der Waals surface area contributed by atoms with E-state index in [4.69, 9.17) is 4.74 Å². The van der Waals surface area contributed by atoms with Crippen LogP contribution in [0.2, 0.25) is 0 Å². The fraction of sp³-hybridized carbons (Fsp3) is 0.381. The molecular weight excluding hydrogens is 374 g/mol. The largest absolute Gasteiger partial charge is 0.497 e. The number of thiophene rings is 1. The molecule has 0 atom stereocenters. The number of aryl methyl sites for hydroxylation is 3. The number of hydrogen-bond acceptors (Lipinski definition) is 5. The summed E-state index contributed by atoms with van der Waals surface area (Å²) in [5.74, 6) is 1.27. The van der Waals surface area contributed by atoms with Crippen LogP contribution in [0.5, 0.6) is 5.75 Å². The smallest absolute Gasteiger partial charge is 0.259 e. The number of amides is 1. The van der Waals surface area contributed by atoms with Gasteiger partial charge in [0.15, 0.2) is 0 Å². The first-order chi connectivity index (χ1) is 13.6. The molecule has 28 heavy (non-hydrogen) atoms. The number of aromatic amines is 1. The number of aromatic nitrogens is 2. The van der Waals surface area contributed by atoms with E-state index in [1.54, 1.807) is 18.4 Å². The molecule has 3 aromatic rings. The van der Waals surface area contributed by atoms with Gasteiger partial charge in [-0.3, -0.25) is 9.59 Å². The second-order valence-corrected chi connectivity index (χ2v) is 8.12. The molecule has 0 saturated heterocycles. The van der Waals surface area contributed by atoms with Gasteiger partial charge in [-0.05, 0) is 48.9 Å². The van der Waals surface area contributed by atoms with Crippen molar-refractivity contribution in [3.8, 4) is 5.75 Å². The first kappa shape index (κ1) is 18.7. The lowest BCUT2D eigenvalue weighted by molar-refractivity contribution is -0.121. The van der Waals surface area contributed by atoms with Crippen molar-refractivity contribution >= 4 is 27.5 Å². The van der Waals surface area contributed by atoms with E-state index in [1.165, 1.54) is 16.9 Å². The molecule has 1 aromatic carbocycles. The Balaban J connectivity index is 1.39. The van der Waals surface area contributed by atoms with Crippen LogP contribution in [-0.2, 0) is 30.6 Å². The summed E-state index contributed by atoms with van der Waals surface area (Å²) >= 11 is 1.63. The van der Waals surface area contributed by atoms with E-state index >= 15 is 0 Å². The lowest BCUT2D eigenvalue weighted by atomic mass is 9.97. The Bertz CT molecular complexity index is 1070. The van der Waals surface area contributed by atoms with Crippen molar-refractivity contribution in [2.24, 2.45) is 0 Å². The van der Waals surface area contributed by atoms with Crippen molar-refractivity contribution in [2.75, 3.05) is 7.11 Å². The third kappa shape index (κ3) is 3.94. The fourth-order valence-corrected chi connectivity index (χ4v) is 4.91. The van der Waals surface area contributed by atoms with Crippen LogP contribution in [0, 0.1) is 0 Å². The maximum absolute atomic E-state index is 12.5. The average molecular weight is 398 g/mol. The third-order valence-corrected chi connectivity index (χ3v) is 6.27. The summed E-state index contributed by atoms with van der Waals surface area (Å²) in [6, 6.07) is 7.59. The highest BCUT2D eigenvalue weighted by Crippen LogP contribution is 2.33. The van der Waals surface area contributed by atoms with Gasteiger partial charge in [0, 0.05) is 24.3 Å². The van der Waals surface area contributed by atoms with Gasteiger partial charge in [0.25, 0.3) is 5.56 Å². The van der Waals surface area contributed by atoms with E-state index < -0.39 is 0 Å². The van der Waals surface area contributed by atoms with Crippen LogP contribution in [-0.4, -0.2) is 23.0 Å². The maximum Gasteiger partial charge on any atom is 0.259 e. The average Bonchev–Trinajstić information content (AvgIpc) is 3.09. The number of ether oxygens (including phenoxy) is 1. The standard InChI is InChI=1S/C21H23N3O3S/c1-27-14-6-4-5-13(11-14)12-22-18(25)10-9-17-23-20(26)19-15-7-2-3-8-16(15)28-21(19)24-17/h4-6,11H,2-3,7-10,12H2,1H3,(H,22,25)(H,23,24,26). The predicted octanol–water partition coefficient (Wildman–Crippen LogP) is 3.12. The maximum atomic E-state index is 12.5. The zero-order valence-corrected chi connectivity index (χ0v) is 16.7. The molecule has 7 heteroatoms. The van der Waals surface area contributed by atoms with Crippen molar-refractivity contribution in [2.45, 2.75) is 45.1 Å². The number of nitrogens with zero attached hydrogens (tertiary/aromatic N) is 1. The molecular formula is C21H23N3O3S. The van der Waals surface area contributed by atoms with Crippen LogP contribution in [0.25, 0.3) is 10.2 Å². The second kappa shape index (κ2) is 8.14. The van der Waals surface area contributed by atoms with E-state index in [0.29, 0.717) is 18.8 Å². The topological polar surface area (TPSA) is 84.1 Å². The molecule has 0 saturated carbocycles. The summed E-state index contributed by atoms with van der Waals surface area (Å²) in [5, 5.41) is 3.66. The Morgan fingerprint density at radius 2 is 2.18 bits per heavy atom. The highest BCUT2D eigenvalue weighted by molar-refractivity contribution is 7.18. The highest BCUT2D eigenvalue weighted by Gasteiger charge is 2.19. The number of nitrogens with one attached hydrogen (secondary N) is 2. The summed E-state index contributed by atoms with van der Waals surface area (Å²) in [6.45, 7) is 0.441. The van der Waals surface area contributed by atoms with Crippen LogP contribution in [0.4, 0.5) is 0 Å². The van der Waals surface area contributed by atoms with Gasteiger partial charge in [0.1, 0.15) is 16.4 Å². The van der Waals surface area contributed by atoms with Gasteiger partial charge in [0.2, 0.25) is 5.91 Å². The van der Waals surface area contributed by atoms with Gasteiger partial charge in [0.05, 0.1) is 12.5 Å². The minimum atomic E-state index is -0.0731. The molecule has 1 amide bonds. The summed E-state index contributed by atoms with van der Waals surface area (Å²) in [5.41, 5.74) is 2.09. The SMILES string of the molecule is COc1cccc(CNC(=O)CCc2nc3sc4c(c3c(=O)[nH]2)CCCC4)c1. The first-order valence-electron chi connectivity index (χ1n) is 9.57. The summed E-state index contributed by atoms with van der Waals surface area (Å²) < 4.78 is 5.19. The minimum absolute atomic E-state index is 0.0730. The monoisotopic (exact) mass is 397 g/mol. The Labute approximate surface area is 167 Å². The second-order valence-electron chi connectivity index (χ2n) is 7.03. The first-order valence-corrected chi connectivity index (χ1v) is 10.4. The van der Waals surface area contributed by atoms with Gasteiger partial charge in [-0.2, -0.15) is 0 Å². The molecule has 4 rings (SSSR count). The van der Waals surface area contributed by atoms with Gasteiger partial charge in [-0.1, -0.05) is 12.1 Å². The van der Waals surface area contributed by atoms with Crippen molar-refractivity contribution in [1.29, 1.82) is 0 Å². The van der Waals surface area contributed by atoms with E-state index in [9.17, 15) is 9.59 Å². The molecule has 1 aliphatic carbocycles. The van der Waals surface area contributed by atoms with Crippen molar-refractivity contribution in [1.82, 2.24) is 15.3 Å². The van der Waals surface area contributed by atoms with Crippen LogP contribution in [0.1, 0.15) is 41.1 Å². The van der Waals surface area contributed by atoms with Crippen molar-refractivity contribution in [3.05, 3.63) is 56.4 Å². The Morgan fingerprint density at radius 1 is 1.32 bits per heavy atom. The molecule has 0 radical (unpaired) electrons. The summed E-state index contributed by atoms with van der Waals surface area (Å²) in [4.78, 5) is 34.3. The molecule has 2 aromatic heterocycles.